The average molecular weight is 348 g/mol. The van der Waals surface area contributed by atoms with Crippen molar-refractivity contribution in [3.05, 3.63) is 23.7 Å². The van der Waals surface area contributed by atoms with E-state index in [2.05, 4.69) is 4.90 Å². The second kappa shape index (κ2) is 6.74. The first-order valence-electron chi connectivity index (χ1n) is 9.46. The van der Waals surface area contributed by atoms with Gasteiger partial charge in [0, 0.05) is 13.7 Å². The molecule has 3 fully saturated rings. The third-order valence-electron chi connectivity index (χ3n) is 6.27. The fraction of sp³-hybridized carbons (Fsp3) is 0.737. The number of rotatable bonds is 4. The Morgan fingerprint density at radius 3 is 2.88 bits per heavy atom. The first-order valence-corrected chi connectivity index (χ1v) is 9.46. The van der Waals surface area contributed by atoms with Crippen molar-refractivity contribution in [3.8, 4) is 0 Å². The lowest BCUT2D eigenvalue weighted by Crippen LogP contribution is -2.52. The Labute approximate surface area is 148 Å². The van der Waals surface area contributed by atoms with Crippen LogP contribution in [-0.4, -0.2) is 65.3 Å². The van der Waals surface area contributed by atoms with Crippen LogP contribution in [0.2, 0.25) is 0 Å². The fourth-order valence-electron chi connectivity index (χ4n) is 4.80. The molecule has 2 saturated heterocycles. The van der Waals surface area contributed by atoms with Crippen molar-refractivity contribution in [2.45, 2.75) is 62.8 Å². The summed E-state index contributed by atoms with van der Waals surface area (Å²) in [5.41, 5.74) is -0.306. The monoisotopic (exact) mass is 348 g/mol. The Morgan fingerprint density at radius 2 is 2.12 bits per heavy atom. The van der Waals surface area contributed by atoms with Crippen molar-refractivity contribution in [2.75, 3.05) is 26.7 Å². The minimum Gasteiger partial charge on any atom is -0.455 e. The smallest absolute Gasteiger partial charge is 0.289 e. The molecule has 6 nitrogen and oxygen atoms in total. The van der Waals surface area contributed by atoms with E-state index in [9.17, 15) is 9.90 Å². The maximum absolute atomic E-state index is 13.0. The number of amides is 1. The second-order valence-corrected chi connectivity index (χ2v) is 7.71. The number of nitrogens with zero attached hydrogens (tertiary/aromatic N) is 2. The number of furan rings is 1. The van der Waals surface area contributed by atoms with E-state index in [1.807, 2.05) is 11.0 Å². The van der Waals surface area contributed by atoms with Crippen LogP contribution < -0.4 is 0 Å². The molecule has 1 saturated carbocycles. The summed E-state index contributed by atoms with van der Waals surface area (Å²) in [4.78, 5) is 17.2. The molecule has 25 heavy (non-hydrogen) atoms. The van der Waals surface area contributed by atoms with Crippen LogP contribution in [0.1, 0.15) is 54.8 Å². The molecule has 1 N–H and O–H groups in total. The van der Waals surface area contributed by atoms with Gasteiger partial charge in [-0.25, -0.2) is 0 Å². The summed E-state index contributed by atoms with van der Waals surface area (Å²) in [5.74, 6) is 1.18. The Kier molecular flexibility index (Phi) is 4.60. The zero-order chi connectivity index (χ0) is 17.4. The SMILES string of the molecule is CO[C@@]12CCC(O)CC1N(C(=O)c1ccc(CN3CCCC3)o1)CC2. The van der Waals surface area contributed by atoms with Crippen LogP contribution >= 0.6 is 0 Å². The van der Waals surface area contributed by atoms with Gasteiger partial charge in [0.05, 0.1) is 24.3 Å². The van der Waals surface area contributed by atoms with Crippen LogP contribution in [-0.2, 0) is 11.3 Å². The molecule has 138 valence electrons. The number of fused-ring (bicyclic) bond motifs is 1. The van der Waals surface area contributed by atoms with Crippen LogP contribution in [0.3, 0.4) is 0 Å². The summed E-state index contributed by atoms with van der Waals surface area (Å²) in [6.45, 7) is 3.64. The molecule has 0 bridgehead atoms. The van der Waals surface area contributed by atoms with Crippen molar-refractivity contribution in [3.63, 3.8) is 0 Å². The number of hydrogen-bond donors (Lipinski definition) is 1. The Hall–Kier alpha value is -1.37. The predicted molar refractivity (Wildman–Crippen MR) is 92.3 cm³/mol. The molecular weight excluding hydrogens is 320 g/mol. The van der Waals surface area contributed by atoms with Crippen molar-refractivity contribution in [2.24, 2.45) is 0 Å². The number of carbonyl (C=O) groups is 1. The minimum atomic E-state index is -0.357. The number of hydrogen-bond acceptors (Lipinski definition) is 5. The number of carbonyl (C=O) groups excluding carboxylic acids is 1. The van der Waals surface area contributed by atoms with E-state index < -0.39 is 0 Å². The molecular formula is C19H28N2O4. The van der Waals surface area contributed by atoms with Crippen LogP contribution in [0.5, 0.6) is 0 Å². The van der Waals surface area contributed by atoms with Gasteiger partial charge in [0.25, 0.3) is 5.91 Å². The van der Waals surface area contributed by atoms with Gasteiger partial charge in [0.2, 0.25) is 0 Å². The average Bonchev–Trinajstić information content (AvgIpc) is 3.34. The molecule has 1 amide bonds. The standard InChI is InChI=1S/C19H28N2O4/c1-24-19-7-6-14(22)12-17(19)21(11-8-19)18(23)16-5-4-15(25-16)13-20-9-2-3-10-20/h4-5,14,17,22H,2-3,6-13H2,1H3/t14?,17?,19-/m1/s1. The van der Waals surface area contributed by atoms with Crippen LogP contribution in [0.15, 0.2) is 16.5 Å². The summed E-state index contributed by atoms with van der Waals surface area (Å²) < 4.78 is 11.7. The van der Waals surface area contributed by atoms with Gasteiger partial charge in [-0.3, -0.25) is 9.69 Å². The Bertz CT molecular complexity index is 625. The Balaban J connectivity index is 1.48. The van der Waals surface area contributed by atoms with E-state index in [1.54, 1.807) is 13.2 Å². The lowest BCUT2D eigenvalue weighted by molar-refractivity contribution is -0.0826. The highest BCUT2D eigenvalue weighted by atomic mass is 16.5. The molecule has 1 aromatic heterocycles. The number of aliphatic hydroxyl groups excluding tert-OH is 1. The zero-order valence-corrected chi connectivity index (χ0v) is 14.9. The molecule has 4 rings (SSSR count). The first kappa shape index (κ1) is 17.1. The summed E-state index contributed by atoms with van der Waals surface area (Å²) in [6.07, 6.45) is 5.08. The number of ether oxygens (including phenoxy) is 1. The van der Waals surface area contributed by atoms with Gasteiger partial charge in [-0.2, -0.15) is 0 Å². The van der Waals surface area contributed by atoms with Gasteiger partial charge in [0.15, 0.2) is 5.76 Å². The third kappa shape index (κ3) is 3.11. The molecule has 2 aliphatic heterocycles. The quantitative estimate of drug-likeness (QED) is 0.902. The molecule has 1 aliphatic carbocycles. The van der Waals surface area contributed by atoms with Crippen LogP contribution in [0.4, 0.5) is 0 Å². The lowest BCUT2D eigenvalue weighted by atomic mass is 9.79. The molecule has 1 aromatic rings. The molecule has 3 heterocycles. The summed E-state index contributed by atoms with van der Waals surface area (Å²) >= 11 is 0. The minimum absolute atomic E-state index is 0.0686. The van der Waals surface area contributed by atoms with Gasteiger partial charge >= 0.3 is 0 Å². The van der Waals surface area contributed by atoms with Crippen molar-refractivity contribution < 1.29 is 19.1 Å². The fourth-order valence-corrected chi connectivity index (χ4v) is 4.80. The third-order valence-corrected chi connectivity index (χ3v) is 6.27. The van der Waals surface area contributed by atoms with E-state index in [1.165, 1.54) is 12.8 Å². The van der Waals surface area contributed by atoms with Gasteiger partial charge in [-0.15, -0.1) is 0 Å². The number of aliphatic hydroxyl groups is 1. The largest absolute Gasteiger partial charge is 0.455 e. The number of methoxy groups -OCH3 is 1. The molecule has 0 aromatic carbocycles. The normalized spacial score (nSPS) is 33.0. The summed E-state index contributed by atoms with van der Waals surface area (Å²) in [7, 11) is 1.72. The zero-order valence-electron chi connectivity index (χ0n) is 14.9. The molecule has 0 spiro atoms. The molecule has 2 unspecified atom stereocenters. The summed E-state index contributed by atoms with van der Waals surface area (Å²) in [6, 6.07) is 3.64. The van der Waals surface area contributed by atoms with E-state index >= 15 is 0 Å². The highest BCUT2D eigenvalue weighted by Gasteiger charge is 2.52. The first-order chi connectivity index (χ1) is 12.1. The summed E-state index contributed by atoms with van der Waals surface area (Å²) in [5, 5.41) is 10.1. The molecule has 0 radical (unpaired) electrons. The highest BCUT2D eigenvalue weighted by molar-refractivity contribution is 5.92. The van der Waals surface area contributed by atoms with Crippen molar-refractivity contribution >= 4 is 5.91 Å². The predicted octanol–water partition coefficient (Wildman–Crippen LogP) is 2.02. The van der Waals surface area contributed by atoms with Crippen LogP contribution in [0.25, 0.3) is 0 Å². The lowest BCUT2D eigenvalue weighted by Gasteiger charge is -2.42. The molecule has 6 heteroatoms. The van der Waals surface area contributed by atoms with Gasteiger partial charge in [-0.1, -0.05) is 0 Å². The maximum atomic E-state index is 13.0. The molecule has 3 aliphatic rings. The van der Waals surface area contributed by atoms with E-state index in [0.29, 0.717) is 18.7 Å². The van der Waals surface area contributed by atoms with E-state index in [4.69, 9.17) is 9.15 Å². The van der Waals surface area contributed by atoms with Crippen molar-refractivity contribution in [1.29, 1.82) is 0 Å². The molecule has 3 atom stereocenters. The highest BCUT2D eigenvalue weighted by Crippen LogP contribution is 2.43. The topological polar surface area (TPSA) is 66.2 Å². The maximum Gasteiger partial charge on any atom is 0.289 e. The van der Waals surface area contributed by atoms with E-state index in [0.717, 1.165) is 44.7 Å². The number of likely N-dealkylation sites (tertiary alicyclic amines) is 2. The van der Waals surface area contributed by atoms with Gasteiger partial charge in [0.1, 0.15) is 5.76 Å². The van der Waals surface area contributed by atoms with Crippen molar-refractivity contribution in [1.82, 2.24) is 9.80 Å². The van der Waals surface area contributed by atoms with E-state index in [-0.39, 0.29) is 23.7 Å². The second-order valence-electron chi connectivity index (χ2n) is 7.71. The van der Waals surface area contributed by atoms with Gasteiger partial charge in [-0.05, 0) is 63.7 Å². The van der Waals surface area contributed by atoms with Crippen LogP contribution in [0, 0.1) is 0 Å². The Morgan fingerprint density at radius 1 is 1.32 bits per heavy atom. The van der Waals surface area contributed by atoms with Gasteiger partial charge < -0.3 is 19.2 Å².